The monoisotopic (exact) mass is 389 g/mol. The molecule has 0 aliphatic heterocycles. The van der Waals surface area contributed by atoms with E-state index in [4.69, 9.17) is 4.74 Å². The number of rotatable bonds is 7. The number of halogens is 1. The summed E-state index contributed by atoms with van der Waals surface area (Å²) in [6.07, 6.45) is -1.12. The number of carbonyl (C=O) groups excluding carboxylic acids is 2. The quantitative estimate of drug-likeness (QED) is 0.444. The molecule has 0 saturated carbocycles. The molecule has 8 nitrogen and oxygen atoms in total. The Kier molecular flexibility index (Phi) is 6.64. The van der Waals surface area contributed by atoms with Gasteiger partial charge in [-0.25, -0.2) is 9.18 Å². The lowest BCUT2D eigenvalue weighted by Crippen LogP contribution is -2.37. The summed E-state index contributed by atoms with van der Waals surface area (Å²) in [6, 6.07) is 9.66. The number of hydrogen-bond acceptors (Lipinski definition) is 6. The Morgan fingerprint density at radius 2 is 2.00 bits per heavy atom. The zero-order chi connectivity index (χ0) is 20.8. The third kappa shape index (κ3) is 5.03. The number of amides is 1. The summed E-state index contributed by atoms with van der Waals surface area (Å²) < 4.78 is 18.4. The van der Waals surface area contributed by atoms with Crippen molar-refractivity contribution in [3.05, 3.63) is 69.5 Å². The highest BCUT2D eigenvalue weighted by Crippen LogP contribution is 2.25. The molecule has 1 amide bonds. The zero-order valence-corrected chi connectivity index (χ0v) is 15.6. The van der Waals surface area contributed by atoms with Gasteiger partial charge in [-0.15, -0.1) is 0 Å². The minimum atomic E-state index is -1.12. The van der Waals surface area contributed by atoms with Crippen molar-refractivity contribution in [2.45, 2.75) is 19.6 Å². The van der Waals surface area contributed by atoms with E-state index in [1.54, 1.807) is 6.07 Å². The Hall–Kier alpha value is -3.49. The molecule has 9 heteroatoms. The second-order valence-electron chi connectivity index (χ2n) is 6.11. The fraction of sp³-hybridized carbons (Fsp3) is 0.263. The molecule has 148 valence electrons. The number of ether oxygens (including phenoxy) is 1. The van der Waals surface area contributed by atoms with Gasteiger partial charge in [-0.3, -0.25) is 14.9 Å². The van der Waals surface area contributed by atoms with Crippen LogP contribution in [0.15, 0.2) is 42.5 Å². The molecule has 0 aliphatic rings. The van der Waals surface area contributed by atoms with E-state index >= 15 is 0 Å². The second-order valence-corrected chi connectivity index (χ2v) is 6.11. The first-order valence-corrected chi connectivity index (χ1v) is 8.39. The van der Waals surface area contributed by atoms with Crippen molar-refractivity contribution < 1.29 is 23.6 Å². The Bertz CT molecular complexity index is 903. The number of esters is 1. The molecule has 2 aromatic carbocycles. The fourth-order valence-electron chi connectivity index (χ4n) is 2.60. The van der Waals surface area contributed by atoms with Crippen LogP contribution in [0.3, 0.4) is 0 Å². The normalized spacial score (nSPS) is 11.4. The van der Waals surface area contributed by atoms with E-state index in [2.05, 4.69) is 5.32 Å². The number of hydrogen-bond donors (Lipinski definition) is 1. The van der Waals surface area contributed by atoms with Crippen LogP contribution in [0.25, 0.3) is 0 Å². The first-order valence-electron chi connectivity index (χ1n) is 8.39. The van der Waals surface area contributed by atoms with Gasteiger partial charge in [-0.1, -0.05) is 12.1 Å². The molecule has 0 spiro atoms. The van der Waals surface area contributed by atoms with E-state index in [0.29, 0.717) is 5.56 Å². The van der Waals surface area contributed by atoms with Gasteiger partial charge < -0.3 is 15.0 Å². The molecule has 0 fully saturated rings. The highest BCUT2D eigenvalue weighted by Gasteiger charge is 2.24. The van der Waals surface area contributed by atoms with E-state index in [1.165, 1.54) is 56.3 Å². The van der Waals surface area contributed by atoms with Crippen LogP contribution in [0.2, 0.25) is 0 Å². The van der Waals surface area contributed by atoms with Crippen LogP contribution in [-0.2, 0) is 16.1 Å². The van der Waals surface area contributed by atoms with E-state index in [9.17, 15) is 24.1 Å². The summed E-state index contributed by atoms with van der Waals surface area (Å²) in [5, 5.41) is 13.8. The largest absolute Gasteiger partial charge is 0.449 e. The van der Waals surface area contributed by atoms with Gasteiger partial charge in [0.1, 0.15) is 11.5 Å². The third-order valence-electron chi connectivity index (χ3n) is 4.02. The minimum absolute atomic E-state index is 0.0434. The zero-order valence-electron chi connectivity index (χ0n) is 15.6. The topological polar surface area (TPSA) is 102 Å². The SMILES string of the molecule is CNc1ccc(C(=O)O[C@@H](C)C(=O)N(C)Cc2cccc(F)c2)cc1[N+](=O)[O-]. The van der Waals surface area contributed by atoms with Crippen molar-refractivity contribution in [3.63, 3.8) is 0 Å². The number of benzene rings is 2. The Morgan fingerprint density at radius 3 is 2.61 bits per heavy atom. The number of nitro groups is 1. The van der Waals surface area contributed by atoms with E-state index in [-0.39, 0.29) is 23.5 Å². The van der Waals surface area contributed by atoms with E-state index in [0.717, 1.165) is 6.07 Å². The van der Waals surface area contributed by atoms with Gasteiger partial charge in [0, 0.05) is 26.7 Å². The van der Waals surface area contributed by atoms with Crippen molar-refractivity contribution in [2.75, 3.05) is 19.4 Å². The van der Waals surface area contributed by atoms with E-state index in [1.807, 2.05) is 0 Å². The van der Waals surface area contributed by atoms with E-state index < -0.39 is 28.7 Å². The first-order chi connectivity index (χ1) is 13.2. The molecule has 0 bridgehead atoms. The predicted molar refractivity (Wildman–Crippen MR) is 100 cm³/mol. The molecular weight excluding hydrogens is 369 g/mol. The van der Waals surface area contributed by atoms with Crippen LogP contribution in [0.1, 0.15) is 22.8 Å². The van der Waals surface area contributed by atoms with Crippen molar-refractivity contribution in [1.29, 1.82) is 0 Å². The molecule has 1 atom stereocenters. The number of carbonyl (C=O) groups is 2. The van der Waals surface area contributed by atoms with Gasteiger partial charge in [0.15, 0.2) is 6.10 Å². The van der Waals surface area contributed by atoms with Gasteiger partial charge in [0.05, 0.1) is 10.5 Å². The lowest BCUT2D eigenvalue weighted by Gasteiger charge is -2.21. The second kappa shape index (κ2) is 8.94. The maximum absolute atomic E-state index is 13.3. The summed E-state index contributed by atoms with van der Waals surface area (Å²) >= 11 is 0. The first kappa shape index (κ1) is 20.8. The minimum Gasteiger partial charge on any atom is -0.449 e. The maximum Gasteiger partial charge on any atom is 0.339 e. The number of nitro benzene ring substituents is 1. The van der Waals surface area contributed by atoms with Crippen LogP contribution in [0, 0.1) is 15.9 Å². The molecule has 0 heterocycles. The Morgan fingerprint density at radius 1 is 1.29 bits per heavy atom. The van der Waals surface area contributed by atoms with Gasteiger partial charge in [-0.05, 0) is 36.8 Å². The highest BCUT2D eigenvalue weighted by molar-refractivity contribution is 5.93. The predicted octanol–water partition coefficient (Wildman–Crippen LogP) is 2.98. The summed E-state index contributed by atoms with van der Waals surface area (Å²) in [4.78, 5) is 36.5. The molecule has 2 rings (SSSR count). The van der Waals surface area contributed by atoms with Crippen molar-refractivity contribution >= 4 is 23.3 Å². The van der Waals surface area contributed by atoms with Crippen LogP contribution >= 0.6 is 0 Å². The number of nitrogens with one attached hydrogen (secondary N) is 1. The van der Waals surface area contributed by atoms with Crippen LogP contribution < -0.4 is 5.32 Å². The number of likely N-dealkylation sites (N-methyl/N-ethyl adjacent to an activating group) is 1. The highest BCUT2D eigenvalue weighted by atomic mass is 19.1. The summed E-state index contributed by atoms with van der Waals surface area (Å²) in [6.45, 7) is 1.54. The average Bonchev–Trinajstić information content (AvgIpc) is 2.66. The standard InChI is InChI=1S/C19H20FN3O5/c1-12(18(24)22(3)11-13-5-4-6-15(20)9-13)28-19(25)14-7-8-16(21-2)17(10-14)23(26)27/h4-10,12,21H,11H2,1-3H3/t12-/m0/s1. The van der Waals surface area contributed by atoms with Crippen molar-refractivity contribution in [2.24, 2.45) is 0 Å². The molecular formula is C19H20FN3O5. The number of nitrogens with zero attached hydrogens (tertiary/aromatic N) is 2. The fourth-order valence-corrected chi connectivity index (χ4v) is 2.60. The molecule has 0 radical (unpaired) electrons. The summed E-state index contributed by atoms with van der Waals surface area (Å²) in [5.41, 5.74) is 0.519. The van der Waals surface area contributed by atoms with Gasteiger partial charge in [0.2, 0.25) is 0 Å². The Balaban J connectivity index is 2.05. The molecule has 2 aromatic rings. The third-order valence-corrected chi connectivity index (χ3v) is 4.02. The maximum atomic E-state index is 13.3. The van der Waals surface area contributed by atoms with Crippen LogP contribution in [-0.4, -0.2) is 41.9 Å². The average molecular weight is 389 g/mol. The molecule has 28 heavy (non-hydrogen) atoms. The van der Waals surface area contributed by atoms with Gasteiger partial charge >= 0.3 is 5.97 Å². The summed E-state index contributed by atoms with van der Waals surface area (Å²) in [5.74, 6) is -1.76. The lowest BCUT2D eigenvalue weighted by atomic mass is 10.1. The smallest absolute Gasteiger partial charge is 0.339 e. The van der Waals surface area contributed by atoms with Crippen LogP contribution in [0.4, 0.5) is 15.8 Å². The van der Waals surface area contributed by atoms with Crippen molar-refractivity contribution in [1.82, 2.24) is 4.90 Å². The lowest BCUT2D eigenvalue weighted by molar-refractivity contribution is -0.384. The molecule has 0 unspecified atom stereocenters. The molecule has 0 aliphatic carbocycles. The van der Waals surface area contributed by atoms with Crippen molar-refractivity contribution in [3.8, 4) is 0 Å². The van der Waals surface area contributed by atoms with Gasteiger partial charge in [-0.2, -0.15) is 0 Å². The number of anilines is 1. The molecule has 0 saturated heterocycles. The molecule has 1 N–H and O–H groups in total. The van der Waals surface area contributed by atoms with Crippen LogP contribution in [0.5, 0.6) is 0 Å². The Labute approximate surface area is 161 Å². The summed E-state index contributed by atoms with van der Waals surface area (Å²) in [7, 11) is 3.03. The van der Waals surface area contributed by atoms with Gasteiger partial charge in [0.25, 0.3) is 11.6 Å². The molecule has 0 aromatic heterocycles.